The van der Waals surface area contributed by atoms with Gasteiger partial charge in [0.05, 0.1) is 6.54 Å². The summed E-state index contributed by atoms with van der Waals surface area (Å²) in [6.07, 6.45) is 0. The molecule has 3 heterocycles. The standard InChI is InChI=1S/C21H19FN4O2/c22-14-5-7-15(8-6-14)26-11-9-25(10-12-26)13-18-23-19-16-3-1-2-4-17(16)28-20(19)21(27)24-18/h1-8H,9-13H2,(H,23,24,27). The lowest BCUT2D eigenvalue weighted by Crippen LogP contribution is -2.46. The molecule has 0 spiro atoms. The highest BCUT2D eigenvalue weighted by Gasteiger charge is 2.19. The van der Waals surface area contributed by atoms with Crippen LogP contribution < -0.4 is 10.5 Å². The smallest absolute Gasteiger partial charge is 0.294 e. The molecule has 4 aromatic rings. The molecule has 1 fully saturated rings. The van der Waals surface area contributed by atoms with E-state index in [-0.39, 0.29) is 17.0 Å². The molecule has 0 saturated carbocycles. The van der Waals surface area contributed by atoms with Crippen molar-refractivity contribution in [3.05, 3.63) is 70.5 Å². The van der Waals surface area contributed by atoms with Crippen LogP contribution in [-0.4, -0.2) is 41.0 Å². The molecule has 0 radical (unpaired) electrons. The second kappa shape index (κ2) is 6.76. The van der Waals surface area contributed by atoms with Crippen molar-refractivity contribution in [3.63, 3.8) is 0 Å². The van der Waals surface area contributed by atoms with E-state index in [0.717, 1.165) is 37.3 Å². The number of para-hydroxylation sites is 1. The lowest BCUT2D eigenvalue weighted by molar-refractivity contribution is 0.244. The van der Waals surface area contributed by atoms with Gasteiger partial charge in [0.2, 0.25) is 5.58 Å². The highest BCUT2D eigenvalue weighted by atomic mass is 19.1. The average Bonchev–Trinajstić information content (AvgIpc) is 3.09. The van der Waals surface area contributed by atoms with E-state index in [9.17, 15) is 9.18 Å². The summed E-state index contributed by atoms with van der Waals surface area (Å²) in [7, 11) is 0. The molecular weight excluding hydrogens is 359 g/mol. The number of hydrogen-bond donors (Lipinski definition) is 1. The Morgan fingerprint density at radius 3 is 2.57 bits per heavy atom. The van der Waals surface area contributed by atoms with Gasteiger partial charge in [0.25, 0.3) is 5.56 Å². The Balaban J connectivity index is 1.34. The fourth-order valence-corrected chi connectivity index (χ4v) is 3.75. The zero-order valence-corrected chi connectivity index (χ0v) is 15.2. The Labute approximate surface area is 160 Å². The number of halogens is 1. The van der Waals surface area contributed by atoms with Crippen LogP contribution in [0.2, 0.25) is 0 Å². The number of hydrogen-bond acceptors (Lipinski definition) is 5. The highest BCUT2D eigenvalue weighted by Crippen LogP contribution is 2.24. The Hall–Kier alpha value is -3.19. The van der Waals surface area contributed by atoms with Crippen LogP contribution in [0, 0.1) is 5.82 Å². The summed E-state index contributed by atoms with van der Waals surface area (Å²) in [6, 6.07) is 14.1. The summed E-state index contributed by atoms with van der Waals surface area (Å²) in [5, 5.41) is 0.853. The number of fused-ring (bicyclic) bond motifs is 3. The minimum Gasteiger partial charge on any atom is -0.449 e. The van der Waals surface area contributed by atoms with Crippen LogP contribution in [0.15, 0.2) is 57.7 Å². The molecule has 2 aromatic heterocycles. The number of piperazine rings is 1. The fourth-order valence-electron chi connectivity index (χ4n) is 3.75. The second-order valence-corrected chi connectivity index (χ2v) is 7.03. The minimum absolute atomic E-state index is 0.223. The Morgan fingerprint density at radius 2 is 1.79 bits per heavy atom. The Kier molecular flexibility index (Phi) is 4.09. The summed E-state index contributed by atoms with van der Waals surface area (Å²) < 4.78 is 18.8. The number of nitrogens with zero attached hydrogens (tertiary/aromatic N) is 3. The minimum atomic E-state index is -0.249. The van der Waals surface area contributed by atoms with E-state index in [4.69, 9.17) is 4.42 Å². The summed E-state index contributed by atoms with van der Waals surface area (Å²) >= 11 is 0. The SMILES string of the molecule is O=c1[nH]c(CN2CCN(c3ccc(F)cc3)CC2)nc2c1oc1ccccc12. The number of aromatic nitrogens is 2. The van der Waals surface area contributed by atoms with Crippen molar-refractivity contribution in [1.29, 1.82) is 0 Å². The molecule has 1 N–H and O–H groups in total. The first-order valence-electron chi connectivity index (χ1n) is 9.31. The lowest BCUT2D eigenvalue weighted by Gasteiger charge is -2.35. The van der Waals surface area contributed by atoms with E-state index >= 15 is 0 Å². The van der Waals surface area contributed by atoms with Crippen LogP contribution in [0.25, 0.3) is 22.1 Å². The fraction of sp³-hybridized carbons (Fsp3) is 0.238. The Morgan fingerprint density at radius 1 is 1.04 bits per heavy atom. The molecule has 2 aromatic carbocycles. The lowest BCUT2D eigenvalue weighted by atomic mass is 10.2. The first kappa shape index (κ1) is 16.9. The molecule has 0 amide bonds. The van der Waals surface area contributed by atoms with E-state index in [0.29, 0.717) is 23.5 Å². The van der Waals surface area contributed by atoms with Crippen LogP contribution in [-0.2, 0) is 6.54 Å². The number of furan rings is 1. The van der Waals surface area contributed by atoms with Crippen LogP contribution in [0.4, 0.5) is 10.1 Å². The number of H-pyrrole nitrogens is 1. The zero-order chi connectivity index (χ0) is 19.1. The van der Waals surface area contributed by atoms with Gasteiger partial charge in [-0.15, -0.1) is 0 Å². The van der Waals surface area contributed by atoms with Crippen LogP contribution in [0.3, 0.4) is 0 Å². The molecule has 0 atom stereocenters. The molecule has 6 nitrogen and oxygen atoms in total. The van der Waals surface area contributed by atoms with Gasteiger partial charge in [-0.2, -0.15) is 0 Å². The van der Waals surface area contributed by atoms with Gasteiger partial charge in [-0.05, 0) is 36.4 Å². The molecule has 0 bridgehead atoms. The van der Waals surface area contributed by atoms with Crippen molar-refractivity contribution in [2.24, 2.45) is 0 Å². The number of rotatable bonds is 3. The third kappa shape index (κ3) is 3.03. The van der Waals surface area contributed by atoms with Gasteiger partial charge < -0.3 is 14.3 Å². The topological polar surface area (TPSA) is 65.4 Å². The molecule has 1 aliphatic heterocycles. The van der Waals surface area contributed by atoms with Gasteiger partial charge in [0.15, 0.2) is 0 Å². The zero-order valence-electron chi connectivity index (χ0n) is 15.2. The van der Waals surface area contributed by atoms with Crippen LogP contribution in [0.1, 0.15) is 5.82 Å². The second-order valence-electron chi connectivity index (χ2n) is 7.03. The van der Waals surface area contributed by atoms with Gasteiger partial charge in [0, 0.05) is 37.3 Å². The maximum Gasteiger partial charge on any atom is 0.294 e. The van der Waals surface area contributed by atoms with Crippen LogP contribution >= 0.6 is 0 Å². The highest BCUT2D eigenvalue weighted by molar-refractivity contribution is 6.01. The average molecular weight is 378 g/mol. The summed E-state index contributed by atoms with van der Waals surface area (Å²) in [6.45, 7) is 3.93. The van der Waals surface area contributed by atoms with E-state index < -0.39 is 0 Å². The summed E-state index contributed by atoms with van der Waals surface area (Å²) in [5.41, 5.74) is 2.32. The van der Waals surface area contributed by atoms with E-state index in [1.165, 1.54) is 12.1 Å². The molecular formula is C21H19FN4O2. The van der Waals surface area contributed by atoms with Crippen molar-refractivity contribution in [2.75, 3.05) is 31.1 Å². The summed E-state index contributed by atoms with van der Waals surface area (Å²) in [4.78, 5) is 24.4. The van der Waals surface area contributed by atoms with Crippen molar-refractivity contribution < 1.29 is 8.81 Å². The third-order valence-electron chi connectivity index (χ3n) is 5.22. The monoisotopic (exact) mass is 378 g/mol. The number of benzene rings is 2. The molecule has 142 valence electrons. The number of aromatic amines is 1. The van der Waals surface area contributed by atoms with Crippen molar-refractivity contribution >= 4 is 27.8 Å². The van der Waals surface area contributed by atoms with Gasteiger partial charge >= 0.3 is 0 Å². The van der Waals surface area contributed by atoms with Crippen molar-refractivity contribution in [3.8, 4) is 0 Å². The first-order valence-corrected chi connectivity index (χ1v) is 9.31. The normalized spacial score (nSPS) is 15.5. The molecule has 28 heavy (non-hydrogen) atoms. The number of nitrogens with one attached hydrogen (secondary N) is 1. The predicted octanol–water partition coefficient (Wildman–Crippen LogP) is 3.13. The molecule has 1 saturated heterocycles. The van der Waals surface area contributed by atoms with Gasteiger partial charge in [0.1, 0.15) is 22.7 Å². The van der Waals surface area contributed by atoms with Crippen molar-refractivity contribution in [1.82, 2.24) is 14.9 Å². The van der Waals surface area contributed by atoms with Gasteiger partial charge in [-0.25, -0.2) is 9.37 Å². The van der Waals surface area contributed by atoms with Gasteiger partial charge in [-0.1, -0.05) is 12.1 Å². The predicted molar refractivity (Wildman–Crippen MR) is 106 cm³/mol. The van der Waals surface area contributed by atoms with E-state index in [1.54, 1.807) is 0 Å². The van der Waals surface area contributed by atoms with Crippen LogP contribution in [0.5, 0.6) is 0 Å². The largest absolute Gasteiger partial charge is 0.449 e. The van der Waals surface area contributed by atoms with Gasteiger partial charge in [-0.3, -0.25) is 9.69 Å². The quantitative estimate of drug-likeness (QED) is 0.593. The number of anilines is 1. The first-order chi connectivity index (χ1) is 13.7. The maximum atomic E-state index is 13.1. The molecule has 1 aliphatic rings. The van der Waals surface area contributed by atoms with E-state index in [2.05, 4.69) is 19.8 Å². The van der Waals surface area contributed by atoms with E-state index in [1.807, 2.05) is 36.4 Å². The third-order valence-corrected chi connectivity index (χ3v) is 5.22. The van der Waals surface area contributed by atoms with Crippen molar-refractivity contribution in [2.45, 2.75) is 6.54 Å². The Bertz CT molecular complexity index is 1190. The summed E-state index contributed by atoms with van der Waals surface area (Å²) in [5.74, 6) is 0.416. The molecule has 5 rings (SSSR count). The molecule has 7 heteroatoms. The molecule has 0 aliphatic carbocycles. The maximum absolute atomic E-state index is 13.1. The molecule has 0 unspecified atom stereocenters.